The van der Waals surface area contributed by atoms with Crippen molar-refractivity contribution in [2.75, 3.05) is 13.1 Å². The van der Waals surface area contributed by atoms with Crippen LogP contribution < -0.4 is 10.1 Å². The van der Waals surface area contributed by atoms with Crippen LogP contribution in [0.5, 0.6) is 6.01 Å². The maximum absolute atomic E-state index is 13.7. The summed E-state index contributed by atoms with van der Waals surface area (Å²) in [5.41, 5.74) is 1.42. The van der Waals surface area contributed by atoms with Crippen molar-refractivity contribution in [1.29, 1.82) is 0 Å². The van der Waals surface area contributed by atoms with Crippen molar-refractivity contribution in [2.45, 2.75) is 25.4 Å². The van der Waals surface area contributed by atoms with E-state index in [-0.39, 0.29) is 30.8 Å². The Morgan fingerprint density at radius 2 is 2.04 bits per heavy atom. The zero-order valence-corrected chi connectivity index (χ0v) is 14.0. The Kier molecular flexibility index (Phi) is 6.57. The van der Waals surface area contributed by atoms with Crippen LogP contribution in [0.2, 0.25) is 5.02 Å². The molecule has 1 fully saturated rings. The highest BCUT2D eigenvalue weighted by atomic mass is 35.5. The number of benzene rings is 1. The molecule has 3 rings (SSSR count). The van der Waals surface area contributed by atoms with Crippen molar-refractivity contribution in [3.63, 3.8) is 0 Å². The molecule has 23 heavy (non-hydrogen) atoms. The number of nitrogens with zero attached hydrogens (tertiary/aromatic N) is 2. The summed E-state index contributed by atoms with van der Waals surface area (Å²) >= 11 is 5.73. The fourth-order valence-corrected chi connectivity index (χ4v) is 2.71. The van der Waals surface area contributed by atoms with Gasteiger partial charge in [0.25, 0.3) is 0 Å². The van der Waals surface area contributed by atoms with E-state index in [4.69, 9.17) is 16.3 Å². The van der Waals surface area contributed by atoms with Gasteiger partial charge in [0, 0.05) is 22.7 Å². The minimum atomic E-state index is -0.387. The lowest BCUT2D eigenvalue weighted by Crippen LogP contribution is -2.27. The van der Waals surface area contributed by atoms with Crippen LogP contribution in [0.1, 0.15) is 30.0 Å². The van der Waals surface area contributed by atoms with E-state index >= 15 is 0 Å². The zero-order chi connectivity index (χ0) is 15.4. The molecule has 124 valence electrons. The van der Waals surface area contributed by atoms with Crippen molar-refractivity contribution in [2.24, 2.45) is 0 Å². The summed E-state index contributed by atoms with van der Waals surface area (Å²) in [4.78, 5) is 8.55. The third-order valence-electron chi connectivity index (χ3n) is 3.78. The van der Waals surface area contributed by atoms with Crippen LogP contribution in [0.15, 0.2) is 30.5 Å². The van der Waals surface area contributed by atoms with E-state index in [0.29, 0.717) is 16.5 Å². The SMILES string of the molecule is Cl.Fc1cc(Cl)ccc1COc1nccc(C2CCNCC2)n1. The Bertz CT molecular complexity index is 651. The van der Waals surface area contributed by atoms with E-state index in [0.717, 1.165) is 31.6 Å². The predicted molar refractivity (Wildman–Crippen MR) is 89.9 cm³/mol. The Hall–Kier alpha value is -1.43. The molecule has 1 saturated heterocycles. The maximum atomic E-state index is 13.7. The highest BCUT2D eigenvalue weighted by Crippen LogP contribution is 2.24. The molecular weight excluding hydrogens is 340 g/mol. The van der Waals surface area contributed by atoms with Gasteiger partial charge in [-0.1, -0.05) is 17.7 Å². The molecule has 1 aromatic carbocycles. The van der Waals surface area contributed by atoms with Gasteiger partial charge in [0.2, 0.25) is 0 Å². The molecule has 1 aliphatic rings. The van der Waals surface area contributed by atoms with E-state index in [1.165, 1.54) is 6.07 Å². The lowest BCUT2D eigenvalue weighted by molar-refractivity contribution is 0.273. The van der Waals surface area contributed by atoms with Crippen LogP contribution in [0.25, 0.3) is 0 Å². The van der Waals surface area contributed by atoms with Gasteiger partial charge in [0.1, 0.15) is 12.4 Å². The monoisotopic (exact) mass is 357 g/mol. The molecule has 0 atom stereocenters. The first-order chi connectivity index (χ1) is 10.7. The summed E-state index contributed by atoms with van der Waals surface area (Å²) < 4.78 is 19.2. The van der Waals surface area contributed by atoms with Crippen LogP contribution in [-0.4, -0.2) is 23.1 Å². The molecule has 1 aromatic heterocycles. The topological polar surface area (TPSA) is 47.0 Å². The number of halogens is 3. The van der Waals surface area contributed by atoms with Gasteiger partial charge >= 0.3 is 6.01 Å². The quantitative estimate of drug-likeness (QED) is 0.905. The van der Waals surface area contributed by atoms with Gasteiger partial charge in [-0.2, -0.15) is 4.98 Å². The smallest absolute Gasteiger partial charge is 0.316 e. The molecule has 0 spiro atoms. The highest BCUT2D eigenvalue weighted by Gasteiger charge is 2.17. The fraction of sp³-hybridized carbons (Fsp3) is 0.375. The largest absolute Gasteiger partial charge is 0.458 e. The number of aromatic nitrogens is 2. The van der Waals surface area contributed by atoms with Gasteiger partial charge in [-0.05, 0) is 44.1 Å². The number of piperidine rings is 1. The fourth-order valence-electron chi connectivity index (χ4n) is 2.55. The molecule has 7 heteroatoms. The Labute approximate surface area is 145 Å². The first kappa shape index (κ1) is 17.9. The lowest BCUT2D eigenvalue weighted by atomic mass is 9.94. The summed E-state index contributed by atoms with van der Waals surface area (Å²) in [7, 11) is 0. The molecule has 0 bridgehead atoms. The minimum absolute atomic E-state index is 0. The van der Waals surface area contributed by atoms with Crippen molar-refractivity contribution < 1.29 is 9.13 Å². The first-order valence-electron chi connectivity index (χ1n) is 7.33. The van der Waals surface area contributed by atoms with E-state index in [1.807, 2.05) is 6.07 Å². The van der Waals surface area contributed by atoms with Crippen LogP contribution in [0.4, 0.5) is 4.39 Å². The summed E-state index contributed by atoms with van der Waals surface area (Å²) in [6, 6.07) is 6.72. The van der Waals surface area contributed by atoms with E-state index in [9.17, 15) is 4.39 Å². The third-order valence-corrected chi connectivity index (χ3v) is 4.02. The number of rotatable bonds is 4. The van der Waals surface area contributed by atoms with Gasteiger partial charge in [0.05, 0.1) is 5.69 Å². The standard InChI is InChI=1S/C16H17ClFN3O.ClH/c17-13-2-1-12(14(18)9-13)10-22-16-20-8-5-15(21-16)11-3-6-19-7-4-11;/h1-2,5,8-9,11,19H,3-4,6-7,10H2;1H. The zero-order valence-electron chi connectivity index (χ0n) is 12.5. The van der Waals surface area contributed by atoms with Gasteiger partial charge < -0.3 is 10.1 Å². The molecule has 0 aliphatic carbocycles. The Morgan fingerprint density at radius 1 is 1.26 bits per heavy atom. The Balaban J connectivity index is 0.00000192. The highest BCUT2D eigenvalue weighted by molar-refractivity contribution is 6.30. The van der Waals surface area contributed by atoms with Crippen molar-refractivity contribution in [3.8, 4) is 6.01 Å². The average Bonchev–Trinajstić information content (AvgIpc) is 2.55. The molecule has 2 aromatic rings. The van der Waals surface area contributed by atoms with Gasteiger partial charge in [-0.15, -0.1) is 12.4 Å². The summed E-state index contributed by atoms with van der Waals surface area (Å²) in [5.74, 6) is 0.0425. The second-order valence-corrected chi connectivity index (χ2v) is 5.75. The van der Waals surface area contributed by atoms with Crippen molar-refractivity contribution >= 4 is 24.0 Å². The van der Waals surface area contributed by atoms with Gasteiger partial charge in [0.15, 0.2) is 0 Å². The number of nitrogens with one attached hydrogen (secondary N) is 1. The van der Waals surface area contributed by atoms with Crippen LogP contribution in [0.3, 0.4) is 0 Å². The van der Waals surface area contributed by atoms with Crippen LogP contribution >= 0.6 is 24.0 Å². The molecule has 0 saturated carbocycles. The second-order valence-electron chi connectivity index (χ2n) is 5.31. The molecule has 2 heterocycles. The molecular formula is C16H18Cl2FN3O. The van der Waals surface area contributed by atoms with Crippen LogP contribution in [-0.2, 0) is 6.61 Å². The third kappa shape index (κ3) is 4.77. The summed E-state index contributed by atoms with van der Waals surface area (Å²) in [6.07, 6.45) is 3.81. The van der Waals surface area contributed by atoms with Crippen molar-refractivity contribution in [3.05, 3.63) is 52.6 Å². The predicted octanol–water partition coefficient (Wildman–Crippen LogP) is 3.74. The maximum Gasteiger partial charge on any atom is 0.316 e. The minimum Gasteiger partial charge on any atom is -0.458 e. The first-order valence-corrected chi connectivity index (χ1v) is 7.70. The molecule has 4 nitrogen and oxygen atoms in total. The van der Waals surface area contributed by atoms with Crippen molar-refractivity contribution in [1.82, 2.24) is 15.3 Å². The molecule has 0 amide bonds. The molecule has 0 radical (unpaired) electrons. The van der Waals surface area contributed by atoms with Gasteiger partial charge in [-0.25, -0.2) is 9.37 Å². The second kappa shape index (κ2) is 8.43. The normalized spacial score (nSPS) is 15.0. The number of ether oxygens (including phenoxy) is 1. The lowest BCUT2D eigenvalue weighted by Gasteiger charge is -2.22. The molecule has 0 unspecified atom stereocenters. The average molecular weight is 358 g/mol. The summed E-state index contributed by atoms with van der Waals surface area (Å²) in [6.45, 7) is 2.08. The summed E-state index contributed by atoms with van der Waals surface area (Å²) in [5, 5.41) is 3.70. The van der Waals surface area contributed by atoms with E-state index < -0.39 is 0 Å². The Morgan fingerprint density at radius 3 is 2.78 bits per heavy atom. The molecule has 1 aliphatic heterocycles. The number of hydrogen-bond donors (Lipinski definition) is 1. The van der Waals surface area contributed by atoms with Crippen LogP contribution in [0, 0.1) is 5.82 Å². The number of hydrogen-bond acceptors (Lipinski definition) is 4. The van der Waals surface area contributed by atoms with E-state index in [1.54, 1.807) is 18.3 Å². The van der Waals surface area contributed by atoms with Gasteiger partial charge in [-0.3, -0.25) is 0 Å². The van der Waals surface area contributed by atoms with E-state index in [2.05, 4.69) is 15.3 Å². The molecule has 1 N–H and O–H groups in total.